The van der Waals surface area contributed by atoms with E-state index in [4.69, 9.17) is 4.74 Å². The predicted octanol–water partition coefficient (Wildman–Crippen LogP) is 1.95. The molecule has 4 nitrogen and oxygen atoms in total. The smallest absolute Gasteiger partial charge is 0.0949 e. The number of rotatable bonds is 7. The Morgan fingerprint density at radius 2 is 2.29 bits per heavy atom. The van der Waals surface area contributed by atoms with Crippen molar-refractivity contribution < 1.29 is 4.74 Å². The molecule has 2 rings (SSSR count). The van der Waals surface area contributed by atoms with Gasteiger partial charge in [-0.3, -0.25) is 0 Å². The summed E-state index contributed by atoms with van der Waals surface area (Å²) in [5.41, 5.74) is 1.11. The maximum absolute atomic E-state index is 5.73. The first-order chi connectivity index (χ1) is 8.11. The van der Waals surface area contributed by atoms with E-state index in [-0.39, 0.29) is 5.60 Å². The van der Waals surface area contributed by atoms with Gasteiger partial charge in [-0.05, 0) is 33.6 Å². The second-order valence-corrected chi connectivity index (χ2v) is 5.36. The van der Waals surface area contributed by atoms with Gasteiger partial charge in [0.1, 0.15) is 0 Å². The molecule has 1 heterocycles. The Morgan fingerprint density at radius 3 is 2.94 bits per heavy atom. The zero-order valence-electron chi connectivity index (χ0n) is 11.1. The van der Waals surface area contributed by atoms with Gasteiger partial charge < -0.3 is 14.6 Å². The minimum absolute atomic E-state index is 0.135. The Morgan fingerprint density at radius 1 is 1.53 bits per heavy atom. The summed E-state index contributed by atoms with van der Waals surface area (Å²) in [4.78, 5) is 4.23. The van der Waals surface area contributed by atoms with Crippen molar-refractivity contribution in [3.05, 3.63) is 18.2 Å². The van der Waals surface area contributed by atoms with Gasteiger partial charge in [-0.25, -0.2) is 4.98 Å². The van der Waals surface area contributed by atoms with Crippen LogP contribution in [0.3, 0.4) is 0 Å². The fourth-order valence-corrected chi connectivity index (χ4v) is 2.02. The molecular formula is C13H23N3O. The van der Waals surface area contributed by atoms with E-state index in [1.54, 1.807) is 0 Å². The number of hydrogen-bond acceptors (Lipinski definition) is 3. The van der Waals surface area contributed by atoms with Crippen molar-refractivity contribution in [2.24, 2.45) is 0 Å². The van der Waals surface area contributed by atoms with E-state index in [0.29, 0.717) is 0 Å². The normalized spacial score (nSPS) is 16.4. The van der Waals surface area contributed by atoms with Crippen LogP contribution in [0, 0.1) is 0 Å². The minimum Gasteiger partial charge on any atom is -0.374 e. The molecule has 0 bridgehead atoms. The molecule has 0 radical (unpaired) electrons. The van der Waals surface area contributed by atoms with Crippen molar-refractivity contribution in [3.63, 3.8) is 0 Å². The summed E-state index contributed by atoms with van der Waals surface area (Å²) in [6, 6.07) is 0.734. The van der Waals surface area contributed by atoms with Gasteiger partial charge in [0, 0.05) is 25.4 Å². The average molecular weight is 237 g/mol. The highest BCUT2D eigenvalue weighted by molar-refractivity contribution is 5.00. The van der Waals surface area contributed by atoms with Gasteiger partial charge >= 0.3 is 0 Å². The van der Waals surface area contributed by atoms with Crippen molar-refractivity contribution >= 4 is 0 Å². The first kappa shape index (κ1) is 12.6. The minimum atomic E-state index is -0.135. The van der Waals surface area contributed by atoms with Gasteiger partial charge in [-0.1, -0.05) is 0 Å². The molecule has 0 atom stereocenters. The predicted molar refractivity (Wildman–Crippen MR) is 67.8 cm³/mol. The number of aromatic nitrogens is 2. The van der Waals surface area contributed by atoms with Gasteiger partial charge in [-0.15, -0.1) is 0 Å². The van der Waals surface area contributed by atoms with Gasteiger partial charge in [0.05, 0.1) is 24.2 Å². The monoisotopic (exact) mass is 237 g/mol. The first-order valence-corrected chi connectivity index (χ1v) is 6.47. The Balaban J connectivity index is 1.92. The fraction of sp³-hybridized carbons (Fsp3) is 0.769. The van der Waals surface area contributed by atoms with E-state index in [1.807, 2.05) is 19.4 Å². The second kappa shape index (κ2) is 5.19. The molecular weight excluding hydrogens is 214 g/mol. The average Bonchev–Trinajstić information content (AvgIpc) is 2.97. The summed E-state index contributed by atoms with van der Waals surface area (Å²) < 4.78 is 7.91. The number of ether oxygens (including phenoxy) is 1. The summed E-state index contributed by atoms with van der Waals surface area (Å²) in [5, 5.41) is 3.52. The molecule has 0 spiro atoms. The Hall–Kier alpha value is -0.870. The third kappa shape index (κ3) is 3.82. The van der Waals surface area contributed by atoms with Crippen LogP contribution in [-0.2, 0) is 17.8 Å². The molecule has 1 saturated carbocycles. The molecule has 0 aromatic carbocycles. The van der Waals surface area contributed by atoms with Gasteiger partial charge in [-0.2, -0.15) is 0 Å². The molecule has 1 aliphatic carbocycles. The van der Waals surface area contributed by atoms with E-state index in [9.17, 15) is 0 Å². The van der Waals surface area contributed by atoms with Crippen LogP contribution in [0.2, 0.25) is 0 Å². The molecule has 1 aromatic rings. The van der Waals surface area contributed by atoms with Gasteiger partial charge in [0.15, 0.2) is 0 Å². The van der Waals surface area contributed by atoms with Crippen LogP contribution in [0.5, 0.6) is 0 Å². The van der Waals surface area contributed by atoms with E-state index < -0.39 is 0 Å². The first-order valence-electron chi connectivity index (χ1n) is 6.47. The highest BCUT2D eigenvalue weighted by Gasteiger charge is 2.22. The number of imidazole rings is 1. The second-order valence-electron chi connectivity index (χ2n) is 5.36. The molecule has 0 saturated heterocycles. The zero-order valence-corrected chi connectivity index (χ0v) is 11.1. The molecule has 1 N–H and O–H groups in total. The lowest BCUT2D eigenvalue weighted by Gasteiger charge is -2.26. The maximum atomic E-state index is 5.73. The fourth-order valence-electron chi connectivity index (χ4n) is 2.02. The van der Waals surface area contributed by atoms with Gasteiger partial charge in [0.25, 0.3) is 0 Å². The third-order valence-corrected chi connectivity index (χ3v) is 3.03. The van der Waals surface area contributed by atoms with E-state index in [2.05, 4.69) is 28.7 Å². The SMILES string of the molecule is CCOC(C)(C)Cn1cncc1CNC1CC1. The number of nitrogens with one attached hydrogen (secondary N) is 1. The molecule has 96 valence electrons. The molecule has 17 heavy (non-hydrogen) atoms. The van der Waals surface area contributed by atoms with E-state index in [1.165, 1.54) is 18.5 Å². The van der Waals surface area contributed by atoms with Crippen molar-refractivity contribution in [2.75, 3.05) is 6.61 Å². The molecule has 0 unspecified atom stereocenters. The number of nitrogens with zero attached hydrogens (tertiary/aromatic N) is 2. The van der Waals surface area contributed by atoms with Crippen molar-refractivity contribution in [3.8, 4) is 0 Å². The molecule has 0 aliphatic heterocycles. The van der Waals surface area contributed by atoms with Crippen molar-refractivity contribution in [1.82, 2.24) is 14.9 Å². The van der Waals surface area contributed by atoms with Gasteiger partial charge in [0.2, 0.25) is 0 Å². The molecule has 1 aromatic heterocycles. The van der Waals surface area contributed by atoms with E-state index in [0.717, 1.165) is 25.7 Å². The summed E-state index contributed by atoms with van der Waals surface area (Å²) in [5.74, 6) is 0. The van der Waals surface area contributed by atoms with Crippen LogP contribution in [0.15, 0.2) is 12.5 Å². The highest BCUT2D eigenvalue weighted by Crippen LogP contribution is 2.20. The Labute approximate surface area is 103 Å². The van der Waals surface area contributed by atoms with E-state index >= 15 is 0 Å². The van der Waals surface area contributed by atoms with Crippen molar-refractivity contribution in [2.45, 2.75) is 58.3 Å². The van der Waals surface area contributed by atoms with Crippen LogP contribution >= 0.6 is 0 Å². The standard InChI is InChI=1S/C13H23N3O/c1-4-17-13(2,3)9-16-10-14-7-12(16)8-15-11-5-6-11/h7,10-11,15H,4-6,8-9H2,1-3H3. The lowest BCUT2D eigenvalue weighted by molar-refractivity contribution is -0.0229. The molecule has 1 aliphatic rings. The summed E-state index contributed by atoms with van der Waals surface area (Å²) >= 11 is 0. The Kier molecular flexibility index (Phi) is 3.84. The van der Waals surface area contributed by atoms with Crippen LogP contribution in [0.25, 0.3) is 0 Å². The Bertz CT molecular complexity index is 355. The molecule has 1 fully saturated rings. The topological polar surface area (TPSA) is 39.1 Å². The lowest BCUT2D eigenvalue weighted by atomic mass is 10.1. The highest BCUT2D eigenvalue weighted by atomic mass is 16.5. The van der Waals surface area contributed by atoms with Crippen molar-refractivity contribution in [1.29, 1.82) is 0 Å². The van der Waals surface area contributed by atoms with Crippen LogP contribution in [-0.4, -0.2) is 27.8 Å². The summed E-state index contributed by atoms with van der Waals surface area (Å²) in [6.45, 7) is 8.78. The molecule has 4 heteroatoms. The van der Waals surface area contributed by atoms with Crippen LogP contribution in [0.1, 0.15) is 39.3 Å². The quantitative estimate of drug-likeness (QED) is 0.788. The third-order valence-electron chi connectivity index (χ3n) is 3.03. The zero-order chi connectivity index (χ0) is 12.3. The largest absolute Gasteiger partial charge is 0.374 e. The lowest BCUT2D eigenvalue weighted by Crippen LogP contribution is -2.31. The summed E-state index contributed by atoms with van der Waals surface area (Å²) in [6.07, 6.45) is 6.47. The molecule has 0 amide bonds. The maximum Gasteiger partial charge on any atom is 0.0949 e. The van der Waals surface area contributed by atoms with Crippen LogP contribution in [0.4, 0.5) is 0 Å². The summed E-state index contributed by atoms with van der Waals surface area (Å²) in [7, 11) is 0. The number of hydrogen-bond donors (Lipinski definition) is 1. The van der Waals surface area contributed by atoms with Crippen LogP contribution < -0.4 is 5.32 Å².